The molecular formula is C22H20FNO2. The molecule has 0 bridgehead atoms. The smallest absolute Gasteiger partial charge is 0.317 e. The first kappa shape index (κ1) is 16.7. The van der Waals surface area contributed by atoms with Gasteiger partial charge in [0.15, 0.2) is 0 Å². The number of carbonyl (C=O) groups is 1. The van der Waals surface area contributed by atoms with Gasteiger partial charge in [0, 0.05) is 17.1 Å². The number of halogens is 1. The van der Waals surface area contributed by atoms with Gasteiger partial charge in [-0.15, -0.1) is 0 Å². The van der Waals surface area contributed by atoms with E-state index < -0.39 is 11.5 Å². The first-order chi connectivity index (χ1) is 12.6. The summed E-state index contributed by atoms with van der Waals surface area (Å²) in [6.45, 7) is 1.86. The molecule has 4 heteroatoms. The fraction of sp³-hybridized carbons (Fsp3) is 0.273. The van der Waals surface area contributed by atoms with Crippen molar-refractivity contribution in [3.05, 3.63) is 77.7 Å². The molecule has 0 N–H and O–H groups in total. The van der Waals surface area contributed by atoms with E-state index in [9.17, 15) is 9.18 Å². The van der Waals surface area contributed by atoms with Crippen molar-refractivity contribution >= 4 is 16.9 Å². The van der Waals surface area contributed by atoms with Gasteiger partial charge in [0.1, 0.15) is 11.9 Å². The minimum atomic E-state index is -0.647. The zero-order valence-corrected chi connectivity index (χ0v) is 14.6. The quantitative estimate of drug-likeness (QED) is 0.615. The lowest BCUT2D eigenvalue weighted by Crippen LogP contribution is -2.44. The zero-order valence-electron chi connectivity index (χ0n) is 14.6. The Morgan fingerprint density at radius 1 is 1.15 bits per heavy atom. The van der Waals surface area contributed by atoms with E-state index in [4.69, 9.17) is 4.74 Å². The number of hydrogen-bond donors (Lipinski definition) is 0. The predicted molar refractivity (Wildman–Crippen MR) is 98.2 cm³/mol. The minimum Gasteiger partial charge on any atom is -0.457 e. The largest absolute Gasteiger partial charge is 0.457 e. The predicted octanol–water partition coefficient (Wildman–Crippen LogP) is 5.10. The van der Waals surface area contributed by atoms with Crippen LogP contribution in [0.1, 0.15) is 43.4 Å². The van der Waals surface area contributed by atoms with Crippen molar-refractivity contribution in [3.63, 3.8) is 0 Å². The molecule has 0 radical (unpaired) electrons. The molecule has 132 valence electrons. The summed E-state index contributed by atoms with van der Waals surface area (Å²) < 4.78 is 19.0. The second-order valence-corrected chi connectivity index (χ2v) is 6.95. The maximum absolute atomic E-state index is 13.2. The van der Waals surface area contributed by atoms with Gasteiger partial charge in [-0.3, -0.25) is 9.78 Å². The van der Waals surface area contributed by atoms with E-state index in [0.717, 1.165) is 41.3 Å². The number of benzene rings is 2. The van der Waals surface area contributed by atoms with Crippen molar-refractivity contribution in [2.75, 3.05) is 0 Å². The van der Waals surface area contributed by atoms with Gasteiger partial charge in [0.25, 0.3) is 0 Å². The maximum Gasteiger partial charge on any atom is 0.317 e. The van der Waals surface area contributed by atoms with Gasteiger partial charge >= 0.3 is 5.97 Å². The Morgan fingerprint density at radius 2 is 1.88 bits per heavy atom. The van der Waals surface area contributed by atoms with Crippen LogP contribution in [-0.2, 0) is 14.9 Å². The highest BCUT2D eigenvalue weighted by Gasteiger charge is 2.47. The summed E-state index contributed by atoms with van der Waals surface area (Å²) in [5.74, 6) is -0.539. The highest BCUT2D eigenvalue weighted by molar-refractivity contribution is 5.85. The number of hydrogen-bond acceptors (Lipinski definition) is 3. The average molecular weight is 349 g/mol. The average Bonchev–Trinajstić information content (AvgIpc) is 2.62. The van der Waals surface area contributed by atoms with Crippen molar-refractivity contribution < 1.29 is 13.9 Å². The number of fused-ring (bicyclic) bond motifs is 1. The number of carbonyl (C=O) groups excluding carboxylic acids is 1. The van der Waals surface area contributed by atoms with Crippen LogP contribution in [0.3, 0.4) is 0 Å². The van der Waals surface area contributed by atoms with Gasteiger partial charge in [-0.2, -0.15) is 0 Å². The summed E-state index contributed by atoms with van der Waals surface area (Å²) in [5, 5.41) is 1.02. The summed E-state index contributed by atoms with van der Waals surface area (Å²) in [6, 6.07) is 16.0. The fourth-order valence-corrected chi connectivity index (χ4v) is 3.56. The molecule has 1 aromatic heterocycles. The van der Waals surface area contributed by atoms with Crippen LogP contribution < -0.4 is 0 Å². The number of para-hydroxylation sites is 1. The molecule has 1 unspecified atom stereocenters. The number of ether oxygens (including phenoxy) is 1. The monoisotopic (exact) mass is 349 g/mol. The minimum absolute atomic E-state index is 0.240. The first-order valence-electron chi connectivity index (χ1n) is 8.90. The van der Waals surface area contributed by atoms with Crippen LogP contribution in [0.25, 0.3) is 10.9 Å². The van der Waals surface area contributed by atoms with E-state index in [0.29, 0.717) is 0 Å². The lowest BCUT2D eigenvalue weighted by Gasteiger charge is -2.40. The molecule has 1 atom stereocenters. The van der Waals surface area contributed by atoms with Crippen LogP contribution >= 0.6 is 0 Å². The third-order valence-corrected chi connectivity index (χ3v) is 5.36. The first-order valence-corrected chi connectivity index (χ1v) is 8.90. The molecule has 0 saturated heterocycles. The zero-order chi connectivity index (χ0) is 18.1. The molecule has 1 aliphatic rings. The van der Waals surface area contributed by atoms with Crippen molar-refractivity contribution in [3.8, 4) is 0 Å². The Morgan fingerprint density at radius 3 is 2.58 bits per heavy atom. The summed E-state index contributed by atoms with van der Waals surface area (Å²) in [7, 11) is 0. The van der Waals surface area contributed by atoms with E-state index in [2.05, 4.69) is 4.98 Å². The van der Waals surface area contributed by atoms with Crippen LogP contribution in [0, 0.1) is 5.82 Å². The highest BCUT2D eigenvalue weighted by Crippen LogP contribution is 2.45. The van der Waals surface area contributed by atoms with Gasteiger partial charge in [0.05, 0.1) is 10.9 Å². The van der Waals surface area contributed by atoms with Crippen molar-refractivity contribution in [1.29, 1.82) is 0 Å². The Bertz CT molecular complexity index is 948. The van der Waals surface area contributed by atoms with E-state index in [1.165, 1.54) is 12.1 Å². The molecule has 1 fully saturated rings. The lowest BCUT2D eigenvalue weighted by atomic mass is 9.64. The van der Waals surface area contributed by atoms with E-state index in [1.54, 1.807) is 18.3 Å². The Hall–Kier alpha value is -2.75. The number of pyridine rings is 1. The van der Waals surface area contributed by atoms with E-state index in [1.807, 2.05) is 37.3 Å². The third-order valence-electron chi connectivity index (χ3n) is 5.36. The van der Waals surface area contributed by atoms with Gasteiger partial charge in [-0.25, -0.2) is 4.39 Å². The van der Waals surface area contributed by atoms with Crippen molar-refractivity contribution in [2.24, 2.45) is 0 Å². The van der Waals surface area contributed by atoms with Crippen molar-refractivity contribution in [1.82, 2.24) is 4.98 Å². The molecule has 4 rings (SSSR count). The molecule has 3 aromatic rings. The standard InChI is InChI=1S/C22H20FNO2/c1-15(17-13-16-5-2-3-6-20(16)24-14-17)26-21(25)22(11-4-12-22)18-7-9-19(23)10-8-18/h2-3,5-10,13-15H,4,11-12H2,1H3. The molecule has 0 amide bonds. The SMILES string of the molecule is CC(OC(=O)C1(c2ccc(F)cc2)CCC1)c1cnc2ccccc2c1. The van der Waals surface area contributed by atoms with Crippen LogP contribution in [0.5, 0.6) is 0 Å². The number of esters is 1. The van der Waals surface area contributed by atoms with Crippen LogP contribution in [0.2, 0.25) is 0 Å². The highest BCUT2D eigenvalue weighted by atomic mass is 19.1. The van der Waals surface area contributed by atoms with Crippen molar-refractivity contribution in [2.45, 2.75) is 37.7 Å². The number of aromatic nitrogens is 1. The molecule has 0 spiro atoms. The third kappa shape index (κ3) is 2.85. The molecule has 3 nitrogen and oxygen atoms in total. The van der Waals surface area contributed by atoms with Crippen LogP contribution in [0.4, 0.5) is 4.39 Å². The Labute approximate surface area is 151 Å². The lowest BCUT2D eigenvalue weighted by molar-refractivity contribution is -0.159. The number of rotatable bonds is 4. The summed E-state index contributed by atoms with van der Waals surface area (Å²) in [6.07, 6.45) is 3.81. The Balaban J connectivity index is 1.56. The van der Waals surface area contributed by atoms with Crippen LogP contribution in [-0.4, -0.2) is 11.0 Å². The van der Waals surface area contributed by atoms with Gasteiger partial charge in [-0.1, -0.05) is 36.8 Å². The summed E-state index contributed by atoms with van der Waals surface area (Å²) in [4.78, 5) is 17.4. The number of nitrogens with zero attached hydrogens (tertiary/aromatic N) is 1. The molecule has 1 saturated carbocycles. The second-order valence-electron chi connectivity index (χ2n) is 6.95. The molecule has 2 aromatic carbocycles. The Kier molecular flexibility index (Phi) is 4.19. The summed E-state index contributed by atoms with van der Waals surface area (Å²) in [5.41, 5.74) is 1.97. The van der Waals surface area contributed by atoms with Gasteiger partial charge < -0.3 is 4.74 Å². The maximum atomic E-state index is 13.2. The fourth-order valence-electron chi connectivity index (χ4n) is 3.56. The molecule has 1 aliphatic carbocycles. The molecular weight excluding hydrogens is 329 g/mol. The topological polar surface area (TPSA) is 39.2 Å². The van der Waals surface area contributed by atoms with E-state index in [-0.39, 0.29) is 11.8 Å². The molecule has 26 heavy (non-hydrogen) atoms. The summed E-state index contributed by atoms with van der Waals surface area (Å²) >= 11 is 0. The molecule has 1 heterocycles. The molecule has 0 aliphatic heterocycles. The van der Waals surface area contributed by atoms with Crippen LogP contribution in [0.15, 0.2) is 60.8 Å². The van der Waals surface area contributed by atoms with Gasteiger partial charge in [-0.05, 0) is 49.6 Å². The van der Waals surface area contributed by atoms with E-state index >= 15 is 0 Å². The normalized spacial score (nSPS) is 16.7. The second kappa shape index (κ2) is 6.52. The van der Waals surface area contributed by atoms with Gasteiger partial charge in [0.2, 0.25) is 0 Å².